The number of hydrogen-bond donors (Lipinski definition) is 3. The fourth-order valence-electron chi connectivity index (χ4n) is 6.11. The Bertz CT molecular complexity index is 775. The predicted molar refractivity (Wildman–Crippen MR) is 106 cm³/mol. The van der Waals surface area contributed by atoms with Gasteiger partial charge in [0, 0.05) is 19.1 Å². The van der Waals surface area contributed by atoms with Crippen LogP contribution < -0.4 is 11.1 Å². The van der Waals surface area contributed by atoms with Gasteiger partial charge in [-0.2, -0.15) is 0 Å². The average Bonchev–Trinajstić information content (AvgIpc) is 3.08. The van der Waals surface area contributed by atoms with Crippen LogP contribution in [-0.4, -0.2) is 51.9 Å². The Hall–Kier alpha value is -1.73. The highest BCUT2D eigenvalue weighted by atomic mass is 35.5. The first-order valence-corrected chi connectivity index (χ1v) is 10.6. The molecule has 1 aromatic heterocycles. The Morgan fingerprint density at radius 1 is 1.36 bits per heavy atom. The van der Waals surface area contributed by atoms with Crippen LogP contribution in [0.2, 0.25) is 5.02 Å². The Morgan fingerprint density at radius 2 is 2.11 bits per heavy atom. The second-order valence-electron chi connectivity index (χ2n) is 9.22. The molecule has 2 unspecified atom stereocenters. The van der Waals surface area contributed by atoms with E-state index in [0.717, 1.165) is 38.5 Å². The van der Waals surface area contributed by atoms with E-state index in [4.69, 9.17) is 22.1 Å². The molecule has 6 rings (SSSR count). The molecule has 4 bridgehead atoms. The number of hydrogen-bond acceptors (Lipinski definition) is 6. The molecule has 152 valence electrons. The molecule has 0 radical (unpaired) electrons. The molecular formula is C20H27ClN4O3. The summed E-state index contributed by atoms with van der Waals surface area (Å²) in [7, 11) is 0. The third kappa shape index (κ3) is 3.28. The lowest BCUT2D eigenvalue weighted by atomic mass is 9.53. The summed E-state index contributed by atoms with van der Waals surface area (Å²) in [6.07, 6.45) is 6.78. The molecule has 5 aliphatic rings. The number of likely N-dealkylation sites (tertiary alicyclic amines) is 1. The van der Waals surface area contributed by atoms with Crippen molar-refractivity contribution in [1.82, 2.24) is 9.88 Å². The van der Waals surface area contributed by atoms with Gasteiger partial charge in [-0.25, -0.2) is 9.78 Å². The highest BCUT2D eigenvalue weighted by molar-refractivity contribution is 6.33. The number of nitrogens with two attached hydrogens (primary N) is 1. The van der Waals surface area contributed by atoms with Gasteiger partial charge in [0.1, 0.15) is 11.9 Å². The third-order valence-corrected chi connectivity index (χ3v) is 7.33. The lowest BCUT2D eigenvalue weighted by molar-refractivity contribution is -0.177. The smallest absolute Gasteiger partial charge is 0.410 e. The first-order valence-electron chi connectivity index (χ1n) is 10.2. The number of rotatable bonds is 3. The maximum absolute atomic E-state index is 12.8. The van der Waals surface area contributed by atoms with Gasteiger partial charge in [-0.3, -0.25) is 0 Å². The van der Waals surface area contributed by atoms with Crippen LogP contribution in [0.5, 0.6) is 0 Å². The number of carbonyl (C=O) groups excluding carboxylic acids is 1. The van der Waals surface area contributed by atoms with Crippen LogP contribution in [0.4, 0.5) is 16.3 Å². The SMILES string of the molecule is Nc1cnc(N[C@@H]2CCN(C(=O)OC3C4CC5CC3CC(O)(C5)C4)C2)c(Cl)c1. The van der Waals surface area contributed by atoms with E-state index in [0.29, 0.717) is 47.4 Å². The molecular weight excluding hydrogens is 380 g/mol. The zero-order chi connectivity index (χ0) is 19.5. The molecule has 0 aromatic carbocycles. The van der Waals surface area contributed by atoms with E-state index in [9.17, 15) is 9.90 Å². The number of nitrogens with one attached hydrogen (secondary N) is 1. The molecule has 1 amide bonds. The van der Waals surface area contributed by atoms with E-state index in [2.05, 4.69) is 10.3 Å². The predicted octanol–water partition coefficient (Wildman–Crippen LogP) is 2.88. The quantitative estimate of drug-likeness (QED) is 0.713. The number of pyridine rings is 1. The van der Waals surface area contributed by atoms with Gasteiger partial charge in [0.2, 0.25) is 0 Å². The highest BCUT2D eigenvalue weighted by Crippen LogP contribution is 2.56. The molecule has 1 saturated heterocycles. The molecule has 28 heavy (non-hydrogen) atoms. The fourth-order valence-corrected chi connectivity index (χ4v) is 6.34. The van der Waals surface area contributed by atoms with Gasteiger partial charge < -0.3 is 25.8 Å². The monoisotopic (exact) mass is 406 g/mol. The van der Waals surface area contributed by atoms with Crippen LogP contribution in [0.3, 0.4) is 0 Å². The van der Waals surface area contributed by atoms with Crippen molar-refractivity contribution in [3.8, 4) is 0 Å². The summed E-state index contributed by atoms with van der Waals surface area (Å²) in [5.41, 5.74) is 5.70. The van der Waals surface area contributed by atoms with Gasteiger partial charge in [-0.15, -0.1) is 0 Å². The molecule has 8 heteroatoms. The van der Waals surface area contributed by atoms with E-state index >= 15 is 0 Å². The van der Waals surface area contributed by atoms with Gasteiger partial charge in [-0.05, 0) is 62.3 Å². The normalized spacial score (nSPS) is 38.6. The molecule has 2 heterocycles. The van der Waals surface area contributed by atoms with Crippen LogP contribution >= 0.6 is 11.6 Å². The van der Waals surface area contributed by atoms with Crippen LogP contribution in [0, 0.1) is 17.8 Å². The largest absolute Gasteiger partial charge is 0.446 e. The van der Waals surface area contributed by atoms with Crippen LogP contribution in [0.15, 0.2) is 12.3 Å². The van der Waals surface area contributed by atoms with Crippen molar-refractivity contribution in [2.75, 3.05) is 24.1 Å². The molecule has 0 spiro atoms. The lowest BCUT2D eigenvalue weighted by Gasteiger charge is -2.57. The van der Waals surface area contributed by atoms with Gasteiger partial charge in [0.05, 0.1) is 22.5 Å². The van der Waals surface area contributed by atoms with Crippen LogP contribution in [0.25, 0.3) is 0 Å². The van der Waals surface area contributed by atoms with E-state index in [1.165, 1.54) is 0 Å². The number of nitrogen functional groups attached to an aromatic ring is 1. The number of halogens is 1. The molecule has 4 aliphatic carbocycles. The summed E-state index contributed by atoms with van der Waals surface area (Å²) in [6.45, 7) is 1.22. The molecule has 3 atom stereocenters. The van der Waals surface area contributed by atoms with Crippen LogP contribution in [-0.2, 0) is 4.74 Å². The van der Waals surface area contributed by atoms with Gasteiger partial charge in [0.25, 0.3) is 0 Å². The summed E-state index contributed by atoms with van der Waals surface area (Å²) >= 11 is 6.19. The molecule has 4 saturated carbocycles. The van der Waals surface area contributed by atoms with Crippen molar-refractivity contribution in [3.05, 3.63) is 17.3 Å². The molecule has 1 aromatic rings. The number of ether oxygens (including phenoxy) is 1. The van der Waals surface area contributed by atoms with Crippen LogP contribution in [0.1, 0.15) is 38.5 Å². The Kier molecular flexibility index (Phi) is 4.36. The first-order chi connectivity index (χ1) is 13.4. The highest BCUT2D eigenvalue weighted by Gasteiger charge is 2.56. The van der Waals surface area contributed by atoms with Crippen molar-refractivity contribution in [3.63, 3.8) is 0 Å². The van der Waals surface area contributed by atoms with Crippen molar-refractivity contribution < 1.29 is 14.6 Å². The fraction of sp³-hybridized carbons (Fsp3) is 0.700. The summed E-state index contributed by atoms with van der Waals surface area (Å²) in [4.78, 5) is 18.8. The second-order valence-corrected chi connectivity index (χ2v) is 9.62. The number of anilines is 2. The third-order valence-electron chi connectivity index (χ3n) is 7.04. The Balaban J connectivity index is 1.18. The zero-order valence-corrected chi connectivity index (χ0v) is 16.6. The zero-order valence-electron chi connectivity index (χ0n) is 15.8. The van der Waals surface area contributed by atoms with Gasteiger partial charge in [0.15, 0.2) is 0 Å². The summed E-state index contributed by atoms with van der Waals surface area (Å²) in [6, 6.07) is 1.75. The lowest BCUT2D eigenvalue weighted by Crippen LogP contribution is -2.58. The van der Waals surface area contributed by atoms with Crippen molar-refractivity contribution in [1.29, 1.82) is 0 Å². The second kappa shape index (κ2) is 6.66. The molecule has 4 N–H and O–H groups in total. The van der Waals surface area contributed by atoms with Gasteiger partial charge >= 0.3 is 6.09 Å². The summed E-state index contributed by atoms with van der Waals surface area (Å²) in [5.74, 6) is 1.82. The number of aromatic nitrogens is 1. The Morgan fingerprint density at radius 3 is 2.79 bits per heavy atom. The maximum atomic E-state index is 12.8. The number of amides is 1. The molecule has 7 nitrogen and oxygen atoms in total. The standard InChI is InChI=1S/C20H27ClN4O3/c21-16-5-14(22)9-23-18(16)24-15-1-2-25(10-15)19(26)28-17-12-3-11-4-13(17)8-20(27,6-11)7-12/h5,9,11-13,15,17,27H,1-4,6-8,10,22H2,(H,23,24)/t11?,12?,13?,15-,17?,20?/m1/s1. The molecule has 5 fully saturated rings. The van der Waals surface area contributed by atoms with Crippen molar-refractivity contribution in [2.24, 2.45) is 17.8 Å². The Labute approximate surface area is 169 Å². The summed E-state index contributed by atoms with van der Waals surface area (Å²) < 4.78 is 5.98. The number of nitrogens with zero attached hydrogens (tertiary/aromatic N) is 2. The van der Waals surface area contributed by atoms with E-state index < -0.39 is 5.60 Å². The maximum Gasteiger partial charge on any atom is 0.410 e. The number of aliphatic hydroxyl groups is 1. The van der Waals surface area contributed by atoms with Crippen molar-refractivity contribution >= 4 is 29.2 Å². The molecule has 1 aliphatic heterocycles. The van der Waals surface area contributed by atoms with E-state index in [1.807, 2.05) is 0 Å². The first kappa shape index (κ1) is 18.3. The van der Waals surface area contributed by atoms with E-state index in [1.54, 1.807) is 17.2 Å². The number of carbonyl (C=O) groups is 1. The minimum atomic E-state index is -0.507. The average molecular weight is 407 g/mol. The van der Waals surface area contributed by atoms with Gasteiger partial charge in [-0.1, -0.05) is 11.6 Å². The van der Waals surface area contributed by atoms with E-state index in [-0.39, 0.29) is 18.2 Å². The van der Waals surface area contributed by atoms with Crippen molar-refractivity contribution in [2.45, 2.75) is 56.3 Å². The minimum Gasteiger partial charge on any atom is -0.446 e. The topological polar surface area (TPSA) is 101 Å². The summed E-state index contributed by atoms with van der Waals surface area (Å²) in [5, 5.41) is 14.5. The minimum absolute atomic E-state index is 0.0375.